The topological polar surface area (TPSA) is 0 Å². The van der Waals surface area contributed by atoms with Crippen LogP contribution in [0.25, 0.3) is 0 Å². The molecule has 1 aromatic rings. The summed E-state index contributed by atoms with van der Waals surface area (Å²) in [6.07, 6.45) is 0. The maximum atomic E-state index is 2.31. The normalized spacial score (nSPS) is 8.00. The fourth-order valence-electron chi connectivity index (χ4n) is 0.534. The van der Waals surface area contributed by atoms with Crippen molar-refractivity contribution in [1.29, 1.82) is 0 Å². The number of rotatable bonds is 0. The zero-order chi connectivity index (χ0) is 8.69. The Morgan fingerprint density at radius 2 is 1.27 bits per heavy atom. The number of aryl methyl sites for hydroxylation is 1. The van der Waals surface area contributed by atoms with Crippen LogP contribution >= 0.6 is 0 Å². The molecule has 0 amide bonds. The molecular weight excluding hydrogens is 147 g/mol. The van der Waals surface area contributed by atoms with Gasteiger partial charge in [-0.3, -0.25) is 0 Å². The first-order valence-electron chi connectivity index (χ1n) is 4.14. The molecule has 0 aromatic heterocycles. The van der Waals surface area contributed by atoms with E-state index in [2.05, 4.69) is 36.4 Å². The van der Waals surface area contributed by atoms with Crippen molar-refractivity contribution in [1.82, 2.24) is 0 Å². The molecule has 0 unspecified atom stereocenters. The first-order chi connectivity index (χ1) is 5.13. The Morgan fingerprint density at radius 3 is 1.45 bits per heavy atom. The summed E-state index contributed by atoms with van der Waals surface area (Å²) in [6, 6.07) is 10.3. The minimum absolute atomic E-state index is 0.139. The van der Waals surface area contributed by atoms with Crippen molar-refractivity contribution in [3.8, 4) is 0 Å². The predicted octanol–water partition coefficient (Wildman–Crippen LogP) is 3.37. The summed E-state index contributed by atoms with van der Waals surface area (Å²) in [5.41, 5.74) is 1.32. The lowest BCUT2D eigenvalue weighted by Gasteiger charge is -1.82. The summed E-state index contributed by atoms with van der Waals surface area (Å²) in [5, 5.41) is 0. The van der Waals surface area contributed by atoms with Gasteiger partial charge in [-0.1, -0.05) is 35.9 Å². The molecule has 0 bridgehead atoms. The second-order valence-corrected chi connectivity index (χ2v) is 6.85. The minimum Gasteiger partial charge on any atom is -0.106 e. The molecule has 0 nitrogen and oxygen atoms in total. The molecular formula is C10H17Al. The minimum atomic E-state index is -0.139. The summed E-state index contributed by atoms with van der Waals surface area (Å²) < 4.78 is 0. The van der Waals surface area contributed by atoms with Gasteiger partial charge in [-0.2, -0.15) is 0 Å². The van der Waals surface area contributed by atoms with Crippen molar-refractivity contribution in [2.45, 2.75) is 24.3 Å². The molecule has 0 saturated heterocycles. The van der Waals surface area contributed by atoms with E-state index in [1.54, 1.807) is 0 Å². The third-order valence-corrected chi connectivity index (χ3v) is 0.940. The molecule has 0 heterocycles. The van der Waals surface area contributed by atoms with Gasteiger partial charge in [-0.05, 0) is 6.92 Å². The maximum absolute atomic E-state index is 2.31. The fourth-order valence-corrected chi connectivity index (χ4v) is 0.534. The van der Waals surface area contributed by atoms with E-state index in [0.29, 0.717) is 0 Å². The highest BCUT2D eigenvalue weighted by atomic mass is 27.2. The summed E-state index contributed by atoms with van der Waals surface area (Å²) in [5.74, 6) is 6.92. The van der Waals surface area contributed by atoms with Gasteiger partial charge in [0.25, 0.3) is 14.1 Å². The molecule has 60 valence electrons. The first-order valence-corrected chi connectivity index (χ1v) is 7.61. The Morgan fingerprint density at radius 1 is 0.909 bits per heavy atom. The van der Waals surface area contributed by atoms with Crippen LogP contribution < -0.4 is 0 Å². The molecule has 1 aromatic carbocycles. The summed E-state index contributed by atoms with van der Waals surface area (Å²) in [7, 11) is 0. The largest absolute Gasteiger partial charge is 0.251 e. The molecule has 1 heteroatoms. The van der Waals surface area contributed by atoms with E-state index < -0.39 is 0 Å². The molecule has 0 fully saturated rings. The lowest BCUT2D eigenvalue weighted by molar-refractivity contribution is 1.48. The fraction of sp³-hybridized carbons (Fsp3) is 0.400. The lowest BCUT2D eigenvalue weighted by atomic mass is 10.2. The highest BCUT2D eigenvalue weighted by molar-refractivity contribution is 6.54. The average molecular weight is 164 g/mol. The predicted molar refractivity (Wildman–Crippen MR) is 54.5 cm³/mol. The smallest absolute Gasteiger partial charge is 0.106 e. The molecule has 0 aliphatic carbocycles. The number of hydrogen-bond acceptors (Lipinski definition) is 0. The van der Waals surface area contributed by atoms with Crippen LogP contribution in [0.4, 0.5) is 0 Å². The standard InChI is InChI=1S/C7H8.3CH3.Al/c1-7-5-3-2-4-6-7;;;;/h2-6H,1H3;3*1H3;. The van der Waals surface area contributed by atoms with Crippen molar-refractivity contribution in [3.63, 3.8) is 0 Å². The highest BCUT2D eigenvalue weighted by Crippen LogP contribution is 1.92. The number of benzene rings is 1. The van der Waals surface area contributed by atoms with Crippen molar-refractivity contribution in [2.75, 3.05) is 0 Å². The van der Waals surface area contributed by atoms with Crippen molar-refractivity contribution < 1.29 is 0 Å². The second-order valence-electron chi connectivity index (χ2n) is 3.39. The number of hydrogen-bond donors (Lipinski definition) is 0. The molecule has 0 aliphatic heterocycles. The van der Waals surface area contributed by atoms with Gasteiger partial charge in [-0.25, -0.2) is 0 Å². The molecule has 0 N–H and O–H groups in total. The zero-order valence-electron chi connectivity index (χ0n) is 7.96. The van der Waals surface area contributed by atoms with Gasteiger partial charge in [0.15, 0.2) is 0 Å². The van der Waals surface area contributed by atoms with Crippen LogP contribution in [0, 0.1) is 6.92 Å². The van der Waals surface area contributed by atoms with Crippen LogP contribution in [0.3, 0.4) is 0 Å². The Hall–Kier alpha value is -0.248. The quantitative estimate of drug-likeness (QED) is 0.516. The third kappa shape index (κ3) is 9.75. The molecule has 0 aliphatic rings. The Kier molecular flexibility index (Phi) is 6.32. The summed E-state index contributed by atoms with van der Waals surface area (Å²) >= 11 is -0.139. The van der Waals surface area contributed by atoms with Crippen LogP contribution in [0.15, 0.2) is 30.3 Å². The van der Waals surface area contributed by atoms with E-state index in [9.17, 15) is 0 Å². The first kappa shape index (κ1) is 10.8. The van der Waals surface area contributed by atoms with Crippen LogP contribution in [-0.4, -0.2) is 14.1 Å². The maximum Gasteiger partial charge on any atom is 0.251 e. The van der Waals surface area contributed by atoms with Gasteiger partial charge in [0, 0.05) is 0 Å². The van der Waals surface area contributed by atoms with Crippen LogP contribution in [-0.2, 0) is 0 Å². The van der Waals surface area contributed by atoms with Crippen LogP contribution in [0.5, 0.6) is 0 Å². The summed E-state index contributed by atoms with van der Waals surface area (Å²) in [4.78, 5) is 0. The molecule has 1 rings (SSSR count). The van der Waals surface area contributed by atoms with Gasteiger partial charge in [0.2, 0.25) is 0 Å². The van der Waals surface area contributed by atoms with Gasteiger partial charge >= 0.3 is 0 Å². The van der Waals surface area contributed by atoms with E-state index in [4.69, 9.17) is 0 Å². The van der Waals surface area contributed by atoms with Gasteiger partial charge < -0.3 is 0 Å². The van der Waals surface area contributed by atoms with Crippen LogP contribution in [0.2, 0.25) is 17.4 Å². The Balaban J connectivity index is 0.000000218. The van der Waals surface area contributed by atoms with Crippen molar-refractivity contribution >= 4 is 14.1 Å². The monoisotopic (exact) mass is 164 g/mol. The SMILES string of the molecule is Cc1ccccc1.[CH3][Al]([CH3])[CH3]. The molecule has 0 saturated carbocycles. The van der Waals surface area contributed by atoms with Crippen molar-refractivity contribution in [2.24, 2.45) is 0 Å². The van der Waals surface area contributed by atoms with E-state index in [-0.39, 0.29) is 14.1 Å². The molecule has 11 heavy (non-hydrogen) atoms. The highest BCUT2D eigenvalue weighted by Gasteiger charge is 1.81. The Bertz CT molecular complexity index is 165. The van der Waals surface area contributed by atoms with Gasteiger partial charge in [-0.15, -0.1) is 17.4 Å². The van der Waals surface area contributed by atoms with E-state index in [0.717, 1.165) is 0 Å². The Labute approximate surface area is 74.6 Å². The van der Waals surface area contributed by atoms with E-state index in [1.807, 2.05) is 18.2 Å². The average Bonchev–Trinajstić information content (AvgIpc) is 1.87. The lowest BCUT2D eigenvalue weighted by Crippen LogP contribution is -1.84. The molecule has 0 radical (unpaired) electrons. The van der Waals surface area contributed by atoms with Gasteiger partial charge in [0.05, 0.1) is 0 Å². The van der Waals surface area contributed by atoms with Crippen molar-refractivity contribution in [3.05, 3.63) is 35.9 Å². The third-order valence-electron chi connectivity index (χ3n) is 0.940. The van der Waals surface area contributed by atoms with Gasteiger partial charge in [0.1, 0.15) is 0 Å². The van der Waals surface area contributed by atoms with Crippen LogP contribution in [0.1, 0.15) is 5.56 Å². The zero-order valence-corrected chi connectivity index (χ0v) is 9.12. The summed E-state index contributed by atoms with van der Waals surface area (Å²) in [6.45, 7) is 2.08. The second kappa shape index (κ2) is 6.46. The van der Waals surface area contributed by atoms with E-state index in [1.165, 1.54) is 5.56 Å². The van der Waals surface area contributed by atoms with E-state index >= 15 is 0 Å². The molecule has 0 spiro atoms. The molecule has 0 atom stereocenters.